The minimum absolute atomic E-state index is 0.571. The number of aryl methyl sites for hydroxylation is 2. The van der Waals surface area contributed by atoms with Crippen molar-refractivity contribution in [2.45, 2.75) is 19.4 Å². The predicted molar refractivity (Wildman–Crippen MR) is 75.7 cm³/mol. The van der Waals surface area contributed by atoms with Crippen LogP contribution in [0.3, 0.4) is 0 Å². The maximum absolute atomic E-state index is 5.99. The Kier molecular flexibility index (Phi) is 4.87. The fourth-order valence-electron chi connectivity index (χ4n) is 2.04. The number of benzene rings is 1. The number of fused-ring (bicyclic) bond motifs is 1. The quantitative estimate of drug-likeness (QED) is 0.600. The number of aromatic nitrogens is 2. The Balaban J connectivity index is 2.35. The van der Waals surface area contributed by atoms with Crippen molar-refractivity contribution in [1.29, 1.82) is 0 Å². The number of alkyl halides is 1. The van der Waals surface area contributed by atoms with Crippen molar-refractivity contribution < 1.29 is 4.74 Å². The molecule has 1 aromatic heterocycles. The van der Waals surface area contributed by atoms with Gasteiger partial charge in [0.1, 0.15) is 5.82 Å². The second-order valence-corrected chi connectivity index (χ2v) is 4.91. The molecule has 0 unspecified atom stereocenters. The minimum Gasteiger partial charge on any atom is -0.385 e. The van der Waals surface area contributed by atoms with Crippen molar-refractivity contribution in [3.05, 3.63) is 29.0 Å². The van der Waals surface area contributed by atoms with Crippen LogP contribution in [0.4, 0.5) is 0 Å². The molecule has 0 amide bonds. The Labute approximate surface area is 117 Å². The molecule has 1 aromatic carbocycles. The van der Waals surface area contributed by atoms with Gasteiger partial charge in [0.25, 0.3) is 0 Å². The Morgan fingerprint density at radius 1 is 1.39 bits per heavy atom. The highest BCUT2D eigenvalue weighted by Gasteiger charge is 2.10. The lowest BCUT2D eigenvalue weighted by molar-refractivity contribution is 0.190. The third-order valence-corrected chi connectivity index (χ3v) is 3.26. The highest BCUT2D eigenvalue weighted by molar-refractivity contribution is 6.31. The Morgan fingerprint density at radius 3 is 2.94 bits per heavy atom. The number of halogens is 2. The molecule has 0 bridgehead atoms. The van der Waals surface area contributed by atoms with Gasteiger partial charge in [0.05, 0.1) is 11.0 Å². The molecule has 2 rings (SSSR count). The van der Waals surface area contributed by atoms with Gasteiger partial charge in [0.2, 0.25) is 0 Å². The van der Waals surface area contributed by atoms with Gasteiger partial charge in [-0.2, -0.15) is 0 Å². The number of nitrogens with zero attached hydrogens (tertiary/aromatic N) is 2. The first-order valence-corrected chi connectivity index (χ1v) is 6.87. The molecule has 0 spiro atoms. The Morgan fingerprint density at radius 2 is 2.22 bits per heavy atom. The number of ether oxygens (including phenoxy) is 1. The number of rotatable bonds is 6. The molecule has 98 valence electrons. The summed E-state index contributed by atoms with van der Waals surface area (Å²) >= 11 is 11.8. The first-order chi connectivity index (χ1) is 8.76. The SMILES string of the molecule is COCCCn1c(CCCl)nc2cc(Cl)ccc21. The van der Waals surface area contributed by atoms with Crippen LogP contribution in [0.5, 0.6) is 0 Å². The summed E-state index contributed by atoms with van der Waals surface area (Å²) < 4.78 is 7.29. The summed E-state index contributed by atoms with van der Waals surface area (Å²) in [6.07, 6.45) is 1.72. The zero-order valence-electron chi connectivity index (χ0n) is 10.3. The lowest BCUT2D eigenvalue weighted by Crippen LogP contribution is -2.06. The molecule has 0 N–H and O–H groups in total. The Bertz CT molecular complexity index is 525. The van der Waals surface area contributed by atoms with Crippen molar-refractivity contribution >= 4 is 34.2 Å². The number of hydrogen-bond donors (Lipinski definition) is 0. The first kappa shape index (κ1) is 13.7. The van der Waals surface area contributed by atoms with Gasteiger partial charge in [-0.1, -0.05) is 11.6 Å². The smallest absolute Gasteiger partial charge is 0.111 e. The minimum atomic E-state index is 0.571. The van der Waals surface area contributed by atoms with Crippen LogP contribution in [0.15, 0.2) is 18.2 Å². The van der Waals surface area contributed by atoms with Crippen LogP contribution in [0.25, 0.3) is 11.0 Å². The van der Waals surface area contributed by atoms with E-state index in [0.717, 1.165) is 42.9 Å². The maximum atomic E-state index is 5.99. The van der Waals surface area contributed by atoms with Crippen molar-refractivity contribution in [3.63, 3.8) is 0 Å². The van der Waals surface area contributed by atoms with E-state index in [1.807, 2.05) is 18.2 Å². The zero-order chi connectivity index (χ0) is 13.0. The molecule has 3 nitrogen and oxygen atoms in total. The monoisotopic (exact) mass is 286 g/mol. The van der Waals surface area contributed by atoms with Crippen LogP contribution in [0, 0.1) is 0 Å². The van der Waals surface area contributed by atoms with E-state index in [9.17, 15) is 0 Å². The second-order valence-electron chi connectivity index (χ2n) is 4.10. The van der Waals surface area contributed by atoms with E-state index in [-0.39, 0.29) is 0 Å². The van der Waals surface area contributed by atoms with Crippen LogP contribution in [0.1, 0.15) is 12.2 Å². The molecule has 18 heavy (non-hydrogen) atoms. The summed E-state index contributed by atoms with van der Waals surface area (Å²) in [4.78, 5) is 4.60. The average Bonchev–Trinajstić information content (AvgIpc) is 2.67. The summed E-state index contributed by atoms with van der Waals surface area (Å²) in [5.41, 5.74) is 2.04. The van der Waals surface area contributed by atoms with Gasteiger partial charge in [0, 0.05) is 37.6 Å². The van der Waals surface area contributed by atoms with Gasteiger partial charge in [-0.3, -0.25) is 0 Å². The normalized spacial score (nSPS) is 11.3. The van der Waals surface area contributed by atoms with E-state index < -0.39 is 0 Å². The molecule has 1 heterocycles. The number of methoxy groups -OCH3 is 1. The van der Waals surface area contributed by atoms with Crippen LogP contribution < -0.4 is 0 Å². The summed E-state index contributed by atoms with van der Waals surface area (Å²) in [6.45, 7) is 1.63. The molecule has 0 saturated heterocycles. The van der Waals surface area contributed by atoms with E-state index in [4.69, 9.17) is 27.9 Å². The maximum Gasteiger partial charge on any atom is 0.111 e. The molecule has 0 atom stereocenters. The van der Waals surface area contributed by atoms with E-state index in [1.54, 1.807) is 7.11 Å². The van der Waals surface area contributed by atoms with E-state index in [1.165, 1.54) is 0 Å². The largest absolute Gasteiger partial charge is 0.385 e. The number of imidazole rings is 1. The van der Waals surface area contributed by atoms with Crippen molar-refractivity contribution in [2.75, 3.05) is 19.6 Å². The van der Waals surface area contributed by atoms with Gasteiger partial charge in [-0.15, -0.1) is 11.6 Å². The van der Waals surface area contributed by atoms with Crippen molar-refractivity contribution in [3.8, 4) is 0 Å². The molecule has 0 aliphatic heterocycles. The van der Waals surface area contributed by atoms with Gasteiger partial charge in [0.15, 0.2) is 0 Å². The third kappa shape index (κ3) is 2.97. The molecule has 0 saturated carbocycles. The van der Waals surface area contributed by atoms with Gasteiger partial charge >= 0.3 is 0 Å². The predicted octanol–water partition coefficient (Wildman–Crippen LogP) is 3.51. The fourth-order valence-corrected chi connectivity index (χ4v) is 2.38. The standard InChI is InChI=1S/C13H16Cl2N2O/c1-18-8-2-7-17-12-4-3-10(15)9-11(12)16-13(17)5-6-14/h3-4,9H,2,5-8H2,1H3. The molecular formula is C13H16Cl2N2O. The zero-order valence-corrected chi connectivity index (χ0v) is 11.8. The van der Waals surface area contributed by atoms with Crippen LogP contribution in [0.2, 0.25) is 5.02 Å². The highest BCUT2D eigenvalue weighted by atomic mass is 35.5. The lowest BCUT2D eigenvalue weighted by Gasteiger charge is -2.08. The van der Waals surface area contributed by atoms with Crippen molar-refractivity contribution in [1.82, 2.24) is 9.55 Å². The summed E-state index contributed by atoms with van der Waals surface area (Å²) in [5, 5.41) is 0.710. The molecule has 0 fully saturated rings. The summed E-state index contributed by atoms with van der Waals surface area (Å²) in [7, 11) is 1.71. The third-order valence-electron chi connectivity index (χ3n) is 2.84. The van der Waals surface area contributed by atoms with Gasteiger partial charge < -0.3 is 9.30 Å². The molecule has 2 aromatic rings. The van der Waals surface area contributed by atoms with Crippen LogP contribution in [-0.4, -0.2) is 29.1 Å². The van der Waals surface area contributed by atoms with Crippen molar-refractivity contribution in [2.24, 2.45) is 0 Å². The van der Waals surface area contributed by atoms with E-state index >= 15 is 0 Å². The fraction of sp³-hybridized carbons (Fsp3) is 0.462. The molecule has 5 heteroatoms. The highest BCUT2D eigenvalue weighted by Crippen LogP contribution is 2.21. The molecular weight excluding hydrogens is 271 g/mol. The van der Waals surface area contributed by atoms with Crippen LogP contribution >= 0.6 is 23.2 Å². The lowest BCUT2D eigenvalue weighted by atomic mass is 10.3. The molecule has 0 aliphatic carbocycles. The Hall–Kier alpha value is -0.770. The molecule has 0 aliphatic rings. The second kappa shape index (κ2) is 6.41. The van der Waals surface area contributed by atoms with E-state index in [0.29, 0.717) is 10.9 Å². The summed E-state index contributed by atoms with van der Waals surface area (Å²) in [6, 6.07) is 5.79. The number of hydrogen-bond acceptors (Lipinski definition) is 2. The van der Waals surface area contributed by atoms with Crippen LogP contribution in [-0.2, 0) is 17.7 Å². The van der Waals surface area contributed by atoms with Gasteiger partial charge in [-0.25, -0.2) is 4.98 Å². The average molecular weight is 287 g/mol. The van der Waals surface area contributed by atoms with Gasteiger partial charge in [-0.05, 0) is 24.6 Å². The van der Waals surface area contributed by atoms with E-state index in [2.05, 4.69) is 9.55 Å². The molecule has 0 radical (unpaired) electrons. The topological polar surface area (TPSA) is 27.1 Å². The summed E-state index contributed by atoms with van der Waals surface area (Å²) in [5.74, 6) is 1.58. The first-order valence-electron chi connectivity index (χ1n) is 5.96.